The topological polar surface area (TPSA) is 66.5 Å². The van der Waals surface area contributed by atoms with Crippen LogP contribution in [0.3, 0.4) is 0 Å². The summed E-state index contributed by atoms with van der Waals surface area (Å²) in [6, 6.07) is 18.6. The van der Waals surface area contributed by atoms with E-state index in [4.69, 9.17) is 11.6 Å². The highest BCUT2D eigenvalue weighted by atomic mass is 35.5. The van der Waals surface area contributed by atoms with Crippen molar-refractivity contribution in [3.05, 3.63) is 100 Å². The Bertz CT molecular complexity index is 1130. The maximum atomic E-state index is 13.2. The number of hydrogen-bond acceptors (Lipinski definition) is 3. The molecule has 0 saturated heterocycles. The van der Waals surface area contributed by atoms with Crippen LogP contribution in [0.2, 0.25) is 5.02 Å². The van der Waals surface area contributed by atoms with Crippen LogP contribution >= 0.6 is 11.6 Å². The third kappa shape index (κ3) is 5.44. The van der Waals surface area contributed by atoms with E-state index in [0.717, 1.165) is 5.56 Å². The Hall–Kier alpha value is -2.74. The molecule has 3 aromatic carbocycles. The molecule has 0 aromatic heterocycles. The number of nitrogens with zero attached hydrogens (tertiary/aromatic N) is 1. The predicted molar refractivity (Wildman–Crippen MR) is 114 cm³/mol. The molecule has 156 valence electrons. The zero-order valence-corrected chi connectivity index (χ0v) is 17.8. The van der Waals surface area contributed by atoms with Gasteiger partial charge in [-0.05, 0) is 59.7 Å². The van der Waals surface area contributed by atoms with Crippen LogP contribution in [0.5, 0.6) is 0 Å². The molecule has 1 amide bonds. The van der Waals surface area contributed by atoms with Crippen molar-refractivity contribution in [3.63, 3.8) is 0 Å². The van der Waals surface area contributed by atoms with Crippen LogP contribution in [0, 0.1) is 5.82 Å². The third-order valence-electron chi connectivity index (χ3n) is 4.49. The van der Waals surface area contributed by atoms with Crippen LogP contribution in [0.4, 0.5) is 4.39 Å². The molecule has 0 heterocycles. The Morgan fingerprint density at radius 3 is 2.30 bits per heavy atom. The quantitative estimate of drug-likeness (QED) is 0.590. The average molecular weight is 447 g/mol. The van der Waals surface area contributed by atoms with E-state index in [1.807, 2.05) is 0 Å². The molecule has 0 aliphatic heterocycles. The number of carbonyl (C=O) groups is 1. The normalized spacial score (nSPS) is 11.5. The van der Waals surface area contributed by atoms with E-state index in [1.54, 1.807) is 36.4 Å². The molecule has 3 rings (SSSR count). The van der Waals surface area contributed by atoms with Gasteiger partial charge >= 0.3 is 0 Å². The first-order valence-corrected chi connectivity index (χ1v) is 10.9. The Balaban J connectivity index is 1.62. The van der Waals surface area contributed by atoms with Gasteiger partial charge in [0.1, 0.15) is 5.82 Å². The van der Waals surface area contributed by atoms with Gasteiger partial charge in [0, 0.05) is 30.7 Å². The van der Waals surface area contributed by atoms with Crippen LogP contribution < -0.4 is 5.32 Å². The lowest BCUT2D eigenvalue weighted by atomic mass is 10.1. The zero-order chi connectivity index (χ0) is 21.7. The minimum absolute atomic E-state index is 0.149. The fraction of sp³-hybridized carbons (Fsp3) is 0.136. The van der Waals surface area contributed by atoms with E-state index in [1.165, 1.54) is 47.8 Å². The monoisotopic (exact) mass is 446 g/mol. The molecule has 8 heteroatoms. The number of amides is 1. The molecule has 1 N–H and O–H groups in total. The number of nitrogens with one attached hydrogen (secondary N) is 1. The van der Waals surface area contributed by atoms with E-state index < -0.39 is 10.0 Å². The fourth-order valence-electron chi connectivity index (χ4n) is 2.82. The Morgan fingerprint density at radius 1 is 1.00 bits per heavy atom. The van der Waals surface area contributed by atoms with Gasteiger partial charge in [0.2, 0.25) is 10.0 Å². The van der Waals surface area contributed by atoms with Gasteiger partial charge < -0.3 is 5.32 Å². The minimum Gasteiger partial charge on any atom is -0.348 e. The van der Waals surface area contributed by atoms with Gasteiger partial charge in [0.05, 0.1) is 4.90 Å². The first-order valence-electron chi connectivity index (χ1n) is 9.09. The number of hydrogen-bond donors (Lipinski definition) is 1. The van der Waals surface area contributed by atoms with Crippen molar-refractivity contribution in [2.75, 3.05) is 7.05 Å². The summed E-state index contributed by atoms with van der Waals surface area (Å²) >= 11 is 5.82. The molecular formula is C22H20ClFN2O3S. The summed E-state index contributed by atoms with van der Waals surface area (Å²) < 4.78 is 39.8. The maximum absolute atomic E-state index is 13.2. The second-order valence-corrected chi connectivity index (χ2v) is 9.21. The molecular weight excluding hydrogens is 427 g/mol. The Labute approximate surface area is 180 Å². The van der Waals surface area contributed by atoms with Crippen molar-refractivity contribution in [2.45, 2.75) is 18.0 Å². The summed E-state index contributed by atoms with van der Waals surface area (Å²) in [7, 11) is -2.17. The predicted octanol–water partition coefficient (Wildman–Crippen LogP) is 4.23. The molecule has 0 fully saturated rings. The van der Waals surface area contributed by atoms with Crippen LogP contribution in [0.15, 0.2) is 77.7 Å². The molecule has 0 radical (unpaired) electrons. The van der Waals surface area contributed by atoms with E-state index in [9.17, 15) is 17.6 Å². The minimum atomic E-state index is -3.66. The van der Waals surface area contributed by atoms with Crippen LogP contribution in [0.25, 0.3) is 0 Å². The standard InChI is InChI=1S/C22H20ClFN2O3S/c1-26(30(28,29)21-11-9-19(23)10-12-21)15-16-5-7-18(8-6-16)22(27)25-14-17-3-2-4-20(24)13-17/h2-13H,14-15H2,1H3,(H,25,27). The number of rotatable bonds is 7. The number of carbonyl (C=O) groups excluding carboxylic acids is 1. The van der Waals surface area contributed by atoms with Crippen molar-refractivity contribution in [1.29, 1.82) is 0 Å². The molecule has 0 atom stereocenters. The summed E-state index contributed by atoms with van der Waals surface area (Å²) in [6.07, 6.45) is 0. The largest absolute Gasteiger partial charge is 0.348 e. The smallest absolute Gasteiger partial charge is 0.251 e. The molecule has 5 nitrogen and oxygen atoms in total. The highest BCUT2D eigenvalue weighted by Gasteiger charge is 2.20. The van der Waals surface area contributed by atoms with Crippen molar-refractivity contribution >= 4 is 27.5 Å². The average Bonchev–Trinajstić information content (AvgIpc) is 2.73. The van der Waals surface area contributed by atoms with Gasteiger partial charge in [-0.2, -0.15) is 4.31 Å². The molecule has 0 aliphatic rings. The molecule has 0 spiro atoms. The van der Waals surface area contributed by atoms with Crippen LogP contribution in [-0.4, -0.2) is 25.7 Å². The SMILES string of the molecule is CN(Cc1ccc(C(=O)NCc2cccc(F)c2)cc1)S(=O)(=O)c1ccc(Cl)cc1. The summed E-state index contributed by atoms with van der Waals surface area (Å²) in [5, 5.41) is 3.19. The van der Waals surface area contributed by atoms with Crippen molar-refractivity contribution in [1.82, 2.24) is 9.62 Å². The zero-order valence-electron chi connectivity index (χ0n) is 16.2. The number of halogens is 2. The Morgan fingerprint density at radius 2 is 1.67 bits per heavy atom. The van der Waals surface area contributed by atoms with Gasteiger partial charge in [0.25, 0.3) is 5.91 Å². The van der Waals surface area contributed by atoms with E-state index >= 15 is 0 Å². The highest BCUT2D eigenvalue weighted by Crippen LogP contribution is 2.19. The molecule has 0 saturated carbocycles. The van der Waals surface area contributed by atoms with Gasteiger partial charge in [-0.1, -0.05) is 35.9 Å². The third-order valence-corrected chi connectivity index (χ3v) is 6.55. The molecule has 30 heavy (non-hydrogen) atoms. The lowest BCUT2D eigenvalue weighted by Crippen LogP contribution is -2.26. The fourth-order valence-corrected chi connectivity index (χ4v) is 4.11. The summed E-state index contributed by atoms with van der Waals surface area (Å²) in [5.74, 6) is -0.656. The first-order chi connectivity index (χ1) is 14.3. The molecule has 3 aromatic rings. The van der Waals surface area contributed by atoms with Gasteiger partial charge in [-0.3, -0.25) is 4.79 Å². The summed E-state index contributed by atoms with van der Waals surface area (Å²) in [4.78, 5) is 12.4. The first kappa shape index (κ1) is 22.0. The lowest BCUT2D eigenvalue weighted by Gasteiger charge is -2.17. The van der Waals surface area contributed by atoms with Gasteiger partial charge in [-0.25, -0.2) is 12.8 Å². The molecule has 0 unspecified atom stereocenters. The van der Waals surface area contributed by atoms with Crippen LogP contribution in [-0.2, 0) is 23.1 Å². The Kier molecular flexibility index (Phi) is 6.87. The van der Waals surface area contributed by atoms with Gasteiger partial charge in [-0.15, -0.1) is 0 Å². The van der Waals surface area contributed by atoms with E-state index in [2.05, 4.69) is 5.32 Å². The van der Waals surface area contributed by atoms with E-state index in [0.29, 0.717) is 16.1 Å². The highest BCUT2D eigenvalue weighted by molar-refractivity contribution is 7.89. The number of benzene rings is 3. The maximum Gasteiger partial charge on any atom is 0.251 e. The second kappa shape index (κ2) is 9.38. The molecule has 0 bridgehead atoms. The summed E-state index contributed by atoms with van der Waals surface area (Å²) in [5.41, 5.74) is 1.82. The summed E-state index contributed by atoms with van der Waals surface area (Å²) in [6.45, 7) is 0.358. The van der Waals surface area contributed by atoms with Gasteiger partial charge in [0.15, 0.2) is 0 Å². The van der Waals surface area contributed by atoms with Crippen molar-refractivity contribution in [3.8, 4) is 0 Å². The van der Waals surface area contributed by atoms with Crippen LogP contribution in [0.1, 0.15) is 21.5 Å². The van der Waals surface area contributed by atoms with Crippen molar-refractivity contribution in [2.24, 2.45) is 0 Å². The van der Waals surface area contributed by atoms with E-state index in [-0.39, 0.29) is 29.7 Å². The number of sulfonamides is 1. The van der Waals surface area contributed by atoms with Crippen molar-refractivity contribution < 1.29 is 17.6 Å². The lowest BCUT2D eigenvalue weighted by molar-refractivity contribution is 0.0951. The molecule has 0 aliphatic carbocycles. The second-order valence-electron chi connectivity index (χ2n) is 6.72.